The minimum absolute atomic E-state index is 0.135. The van der Waals surface area contributed by atoms with Crippen molar-refractivity contribution in [2.45, 2.75) is 19.3 Å². The van der Waals surface area contributed by atoms with Crippen molar-refractivity contribution in [1.82, 2.24) is 29.6 Å². The molecule has 1 N–H and O–H groups in total. The van der Waals surface area contributed by atoms with Gasteiger partial charge in [0.15, 0.2) is 11.5 Å². The monoisotopic (exact) mass is 441 g/mol. The fourth-order valence-corrected chi connectivity index (χ4v) is 3.95. The summed E-state index contributed by atoms with van der Waals surface area (Å²) in [5, 5.41) is 19.7. The first-order chi connectivity index (χ1) is 13.5. The number of aryl methyl sites for hydroxylation is 1. The number of nitrogens with one attached hydrogen (secondary N) is 1. The SMILES string of the molecule is Cc1nn(-c2ccc3nncn3n2)c2c1[C@@H](c1ccc(F)c(Br)c1)CC(=O)N2. The van der Waals surface area contributed by atoms with Gasteiger partial charge in [0.2, 0.25) is 5.91 Å². The lowest BCUT2D eigenvalue weighted by Gasteiger charge is -2.24. The molecule has 140 valence electrons. The Balaban J connectivity index is 1.67. The van der Waals surface area contributed by atoms with Crippen LogP contribution in [0.15, 0.2) is 41.1 Å². The van der Waals surface area contributed by atoms with Crippen LogP contribution in [0.3, 0.4) is 0 Å². The Morgan fingerprint density at radius 1 is 1.25 bits per heavy atom. The molecule has 28 heavy (non-hydrogen) atoms. The van der Waals surface area contributed by atoms with E-state index in [1.807, 2.05) is 6.92 Å². The molecule has 0 bridgehead atoms. The Kier molecular flexibility index (Phi) is 3.76. The Morgan fingerprint density at radius 2 is 2.11 bits per heavy atom. The van der Waals surface area contributed by atoms with Gasteiger partial charge in [-0.2, -0.15) is 14.3 Å². The van der Waals surface area contributed by atoms with E-state index in [1.165, 1.54) is 16.9 Å². The average molecular weight is 442 g/mol. The number of anilines is 1. The summed E-state index contributed by atoms with van der Waals surface area (Å²) in [7, 11) is 0. The molecular weight excluding hydrogens is 429 g/mol. The molecule has 4 heterocycles. The molecule has 0 saturated carbocycles. The minimum atomic E-state index is -0.344. The summed E-state index contributed by atoms with van der Waals surface area (Å²) in [5.74, 6) is 0.387. The number of hydrogen-bond acceptors (Lipinski definition) is 5. The molecule has 1 aliphatic heterocycles. The zero-order valence-corrected chi connectivity index (χ0v) is 16.2. The average Bonchev–Trinajstić information content (AvgIpc) is 3.27. The van der Waals surface area contributed by atoms with Crippen molar-refractivity contribution in [3.05, 3.63) is 63.8 Å². The summed E-state index contributed by atoms with van der Waals surface area (Å²) in [6, 6.07) is 8.35. The van der Waals surface area contributed by atoms with Gasteiger partial charge in [-0.25, -0.2) is 4.39 Å². The van der Waals surface area contributed by atoms with Gasteiger partial charge in [-0.1, -0.05) is 6.07 Å². The van der Waals surface area contributed by atoms with Crippen molar-refractivity contribution in [2.75, 3.05) is 5.32 Å². The normalized spacial score (nSPS) is 16.2. The number of aromatic nitrogens is 6. The van der Waals surface area contributed by atoms with Crippen molar-refractivity contribution in [3.63, 3.8) is 0 Å². The fourth-order valence-electron chi connectivity index (χ4n) is 3.56. The first kappa shape index (κ1) is 17.0. The van der Waals surface area contributed by atoms with Gasteiger partial charge in [0.25, 0.3) is 0 Å². The largest absolute Gasteiger partial charge is 0.310 e. The molecule has 0 unspecified atom stereocenters. The van der Waals surface area contributed by atoms with Gasteiger partial charge in [-0.3, -0.25) is 4.79 Å². The predicted molar refractivity (Wildman–Crippen MR) is 102 cm³/mol. The molecule has 0 radical (unpaired) electrons. The molecule has 0 spiro atoms. The van der Waals surface area contributed by atoms with Crippen LogP contribution in [0.25, 0.3) is 11.5 Å². The first-order valence-corrected chi connectivity index (χ1v) is 9.32. The van der Waals surface area contributed by atoms with Gasteiger partial charge >= 0.3 is 0 Å². The van der Waals surface area contributed by atoms with E-state index in [-0.39, 0.29) is 24.1 Å². The summed E-state index contributed by atoms with van der Waals surface area (Å²) in [5.41, 5.74) is 3.11. The number of nitrogens with zero attached hydrogens (tertiary/aromatic N) is 6. The van der Waals surface area contributed by atoms with Gasteiger partial charge in [-0.15, -0.1) is 15.3 Å². The number of rotatable bonds is 2. The molecule has 1 aliphatic rings. The molecule has 4 aromatic rings. The third-order valence-electron chi connectivity index (χ3n) is 4.81. The molecule has 1 aromatic carbocycles. The number of carbonyl (C=O) groups excluding carboxylic acids is 1. The highest BCUT2D eigenvalue weighted by Gasteiger charge is 2.33. The highest BCUT2D eigenvalue weighted by atomic mass is 79.9. The Labute approximate surface area is 166 Å². The van der Waals surface area contributed by atoms with Crippen LogP contribution in [0.2, 0.25) is 0 Å². The summed E-state index contributed by atoms with van der Waals surface area (Å²) in [6.07, 6.45) is 1.76. The fraction of sp³-hybridized carbons (Fsp3) is 0.167. The smallest absolute Gasteiger partial charge is 0.226 e. The predicted octanol–water partition coefficient (Wildman–Crippen LogP) is 2.99. The van der Waals surface area contributed by atoms with Crippen LogP contribution in [-0.2, 0) is 4.79 Å². The molecule has 1 amide bonds. The van der Waals surface area contributed by atoms with Gasteiger partial charge in [0.1, 0.15) is 18.0 Å². The number of halogens is 2. The van der Waals surface area contributed by atoms with Crippen LogP contribution in [0.4, 0.5) is 10.2 Å². The molecule has 0 aliphatic carbocycles. The molecule has 10 heteroatoms. The van der Waals surface area contributed by atoms with E-state index in [4.69, 9.17) is 0 Å². The minimum Gasteiger partial charge on any atom is -0.310 e. The number of amides is 1. The maximum atomic E-state index is 13.7. The maximum Gasteiger partial charge on any atom is 0.226 e. The summed E-state index contributed by atoms with van der Waals surface area (Å²) < 4.78 is 17.2. The van der Waals surface area contributed by atoms with Gasteiger partial charge in [0.05, 0.1) is 10.2 Å². The second-order valence-corrected chi connectivity index (χ2v) is 7.42. The van der Waals surface area contributed by atoms with Gasteiger partial charge in [-0.05, 0) is 52.7 Å². The highest BCUT2D eigenvalue weighted by Crippen LogP contribution is 2.40. The van der Waals surface area contributed by atoms with E-state index in [1.54, 1.807) is 28.9 Å². The van der Waals surface area contributed by atoms with Crippen LogP contribution in [0.1, 0.15) is 29.2 Å². The topological polar surface area (TPSA) is 90.0 Å². The zero-order valence-electron chi connectivity index (χ0n) is 14.6. The van der Waals surface area contributed by atoms with E-state index in [0.717, 1.165) is 16.8 Å². The molecule has 3 aromatic heterocycles. The third-order valence-corrected chi connectivity index (χ3v) is 5.42. The van der Waals surface area contributed by atoms with Crippen LogP contribution >= 0.6 is 15.9 Å². The summed E-state index contributed by atoms with van der Waals surface area (Å²) >= 11 is 3.23. The van der Waals surface area contributed by atoms with E-state index >= 15 is 0 Å². The lowest BCUT2D eigenvalue weighted by molar-refractivity contribution is -0.116. The number of carbonyl (C=O) groups is 1. The number of hydrogen-bond donors (Lipinski definition) is 1. The molecule has 0 fully saturated rings. The quantitative estimate of drug-likeness (QED) is 0.516. The molecule has 8 nitrogen and oxygen atoms in total. The second kappa shape index (κ2) is 6.20. The highest BCUT2D eigenvalue weighted by molar-refractivity contribution is 9.10. The lowest BCUT2D eigenvalue weighted by Crippen LogP contribution is -2.25. The van der Waals surface area contributed by atoms with Gasteiger partial charge in [0, 0.05) is 17.9 Å². The number of fused-ring (bicyclic) bond motifs is 2. The Hall–Kier alpha value is -3.14. The van der Waals surface area contributed by atoms with Crippen LogP contribution < -0.4 is 5.32 Å². The van der Waals surface area contributed by atoms with Crippen LogP contribution in [0, 0.1) is 12.7 Å². The van der Waals surface area contributed by atoms with E-state index in [0.29, 0.717) is 21.8 Å². The molecule has 5 rings (SSSR count). The van der Waals surface area contributed by atoms with E-state index < -0.39 is 0 Å². The standard InChI is InChI=1S/C18H13BrFN7O/c1-9-17-11(10-2-3-13(20)12(19)6-10)7-16(28)22-18(17)27(24-9)15-5-4-14-23-21-8-26(14)25-15/h2-6,8,11H,7H2,1H3,(H,22,28)/t11-/m1/s1. The number of benzene rings is 1. The van der Waals surface area contributed by atoms with Crippen molar-refractivity contribution in [1.29, 1.82) is 0 Å². The second-order valence-electron chi connectivity index (χ2n) is 6.56. The zero-order chi connectivity index (χ0) is 19.4. The molecular formula is C18H13BrFN7O. The summed E-state index contributed by atoms with van der Waals surface area (Å²) in [6.45, 7) is 1.88. The third kappa shape index (κ3) is 2.60. The van der Waals surface area contributed by atoms with Crippen LogP contribution in [0.5, 0.6) is 0 Å². The Bertz CT molecular complexity index is 1250. The van der Waals surface area contributed by atoms with Crippen molar-refractivity contribution in [2.24, 2.45) is 0 Å². The van der Waals surface area contributed by atoms with Crippen molar-refractivity contribution in [3.8, 4) is 5.82 Å². The van der Waals surface area contributed by atoms with E-state index in [9.17, 15) is 9.18 Å². The van der Waals surface area contributed by atoms with E-state index in [2.05, 4.69) is 41.6 Å². The van der Waals surface area contributed by atoms with Gasteiger partial charge < -0.3 is 5.32 Å². The maximum absolute atomic E-state index is 13.7. The molecule has 1 atom stereocenters. The Morgan fingerprint density at radius 3 is 2.93 bits per heavy atom. The molecule has 0 saturated heterocycles. The van der Waals surface area contributed by atoms with Crippen LogP contribution in [-0.4, -0.2) is 35.5 Å². The lowest BCUT2D eigenvalue weighted by atomic mass is 9.86. The van der Waals surface area contributed by atoms with Crippen molar-refractivity contribution >= 4 is 33.3 Å². The van der Waals surface area contributed by atoms with Crippen molar-refractivity contribution < 1.29 is 9.18 Å². The first-order valence-electron chi connectivity index (χ1n) is 8.53. The summed E-state index contributed by atoms with van der Waals surface area (Å²) in [4.78, 5) is 12.4.